The molecule has 1 atom stereocenters. The first-order valence-corrected chi connectivity index (χ1v) is 7.57. The van der Waals surface area contributed by atoms with Crippen molar-refractivity contribution in [1.82, 2.24) is 19.7 Å². The second kappa shape index (κ2) is 5.44. The van der Waals surface area contributed by atoms with Crippen molar-refractivity contribution in [2.75, 3.05) is 24.6 Å². The predicted octanol–water partition coefficient (Wildman–Crippen LogP) is 1.07. The summed E-state index contributed by atoms with van der Waals surface area (Å²) in [6.07, 6.45) is 9.03. The highest BCUT2D eigenvalue weighted by Crippen LogP contribution is 2.28. The Morgan fingerprint density at radius 2 is 2.29 bits per heavy atom. The molecule has 1 aliphatic carbocycles. The van der Waals surface area contributed by atoms with E-state index in [1.54, 1.807) is 12.5 Å². The number of anilines is 1. The Bertz CT molecular complexity index is 613. The molecule has 0 N–H and O–H groups in total. The van der Waals surface area contributed by atoms with Crippen molar-refractivity contribution in [3.63, 3.8) is 0 Å². The zero-order chi connectivity index (χ0) is 14.1. The third-order valence-electron chi connectivity index (χ3n) is 4.24. The van der Waals surface area contributed by atoms with Crippen molar-refractivity contribution < 1.29 is 4.74 Å². The molecule has 0 saturated carbocycles. The maximum absolute atomic E-state index is 5.88. The van der Waals surface area contributed by atoms with E-state index in [4.69, 9.17) is 4.74 Å². The number of aromatic nitrogens is 4. The maximum Gasteiger partial charge on any atom is 0.135 e. The van der Waals surface area contributed by atoms with E-state index in [2.05, 4.69) is 20.0 Å². The lowest BCUT2D eigenvalue weighted by Crippen LogP contribution is -2.45. The highest BCUT2D eigenvalue weighted by atomic mass is 16.5. The molecule has 6 nitrogen and oxygen atoms in total. The van der Waals surface area contributed by atoms with Gasteiger partial charge in [-0.2, -0.15) is 5.10 Å². The largest absolute Gasteiger partial charge is 0.373 e. The van der Waals surface area contributed by atoms with Crippen LogP contribution in [0.15, 0.2) is 24.8 Å². The van der Waals surface area contributed by atoms with Gasteiger partial charge in [0.1, 0.15) is 12.1 Å². The van der Waals surface area contributed by atoms with Crippen LogP contribution in [0.3, 0.4) is 0 Å². The van der Waals surface area contributed by atoms with Gasteiger partial charge in [-0.05, 0) is 25.3 Å². The van der Waals surface area contributed by atoms with Crippen molar-refractivity contribution in [2.24, 2.45) is 0 Å². The van der Waals surface area contributed by atoms with Crippen molar-refractivity contribution in [1.29, 1.82) is 0 Å². The van der Waals surface area contributed by atoms with Crippen LogP contribution in [-0.2, 0) is 24.1 Å². The second-order valence-electron chi connectivity index (χ2n) is 5.64. The zero-order valence-electron chi connectivity index (χ0n) is 12.0. The topological polar surface area (TPSA) is 56.1 Å². The molecule has 0 radical (unpaired) electrons. The lowest BCUT2D eigenvalue weighted by Gasteiger charge is -2.34. The van der Waals surface area contributed by atoms with Crippen LogP contribution in [0, 0.1) is 0 Å². The van der Waals surface area contributed by atoms with Crippen molar-refractivity contribution in [2.45, 2.75) is 31.9 Å². The summed E-state index contributed by atoms with van der Waals surface area (Å²) in [5, 5.41) is 4.26. The molecule has 1 saturated heterocycles. The summed E-state index contributed by atoms with van der Waals surface area (Å²) in [5.74, 6) is 1.12. The molecule has 3 heterocycles. The number of aryl methyl sites for hydroxylation is 1. The third kappa shape index (κ3) is 2.51. The van der Waals surface area contributed by atoms with Gasteiger partial charge in [0.25, 0.3) is 0 Å². The standard InChI is InChI=1S/C15H19N5O/c1-3-13-14(4-1)16-11-17-15(13)19-7-8-21-12(9-19)10-20-6-2-5-18-20/h2,5-6,11-12H,1,3-4,7-10H2/t12-/m0/s1. The zero-order valence-corrected chi connectivity index (χ0v) is 12.0. The first-order valence-electron chi connectivity index (χ1n) is 7.57. The number of rotatable bonds is 3. The summed E-state index contributed by atoms with van der Waals surface area (Å²) in [6, 6.07) is 1.94. The Hall–Kier alpha value is -1.95. The fourth-order valence-corrected chi connectivity index (χ4v) is 3.25. The lowest BCUT2D eigenvalue weighted by atomic mass is 10.2. The number of fused-ring (bicyclic) bond motifs is 1. The van der Waals surface area contributed by atoms with E-state index in [-0.39, 0.29) is 6.10 Å². The van der Waals surface area contributed by atoms with Gasteiger partial charge in [0, 0.05) is 36.7 Å². The molecule has 2 aromatic heterocycles. The van der Waals surface area contributed by atoms with Gasteiger partial charge in [-0.3, -0.25) is 4.68 Å². The summed E-state index contributed by atoms with van der Waals surface area (Å²) in [4.78, 5) is 11.3. The Kier molecular flexibility index (Phi) is 3.31. The van der Waals surface area contributed by atoms with Gasteiger partial charge in [0.2, 0.25) is 0 Å². The van der Waals surface area contributed by atoms with Gasteiger partial charge in [-0.25, -0.2) is 9.97 Å². The molecule has 4 rings (SSSR count). The van der Waals surface area contributed by atoms with Crippen LogP contribution >= 0.6 is 0 Å². The Morgan fingerprint density at radius 1 is 1.29 bits per heavy atom. The molecule has 21 heavy (non-hydrogen) atoms. The smallest absolute Gasteiger partial charge is 0.135 e. The van der Waals surface area contributed by atoms with Gasteiger partial charge < -0.3 is 9.64 Å². The van der Waals surface area contributed by atoms with Gasteiger partial charge in [0.15, 0.2) is 0 Å². The fourth-order valence-electron chi connectivity index (χ4n) is 3.25. The molecule has 1 aliphatic heterocycles. The monoisotopic (exact) mass is 285 g/mol. The highest BCUT2D eigenvalue weighted by Gasteiger charge is 2.26. The molecule has 0 amide bonds. The van der Waals surface area contributed by atoms with E-state index in [0.717, 1.165) is 44.9 Å². The van der Waals surface area contributed by atoms with Gasteiger partial charge in [0.05, 0.1) is 19.3 Å². The average Bonchev–Trinajstić information content (AvgIpc) is 3.18. The number of ether oxygens (including phenoxy) is 1. The molecule has 0 aromatic carbocycles. The average molecular weight is 285 g/mol. The number of nitrogens with zero attached hydrogens (tertiary/aromatic N) is 5. The number of morpholine rings is 1. The van der Waals surface area contributed by atoms with Crippen LogP contribution in [0.5, 0.6) is 0 Å². The first kappa shape index (κ1) is 12.8. The predicted molar refractivity (Wildman–Crippen MR) is 78.2 cm³/mol. The molecule has 110 valence electrons. The lowest BCUT2D eigenvalue weighted by molar-refractivity contribution is 0.0271. The fraction of sp³-hybridized carbons (Fsp3) is 0.533. The number of hydrogen-bond donors (Lipinski definition) is 0. The molecule has 2 aromatic rings. The number of hydrogen-bond acceptors (Lipinski definition) is 5. The molecule has 0 unspecified atom stereocenters. The van der Waals surface area contributed by atoms with E-state index >= 15 is 0 Å². The minimum atomic E-state index is 0.158. The SMILES string of the molecule is c1cnn(C[C@@H]2CN(c3ncnc4c3CCC4)CCO2)c1. The quantitative estimate of drug-likeness (QED) is 0.844. The Balaban J connectivity index is 1.52. The molecular formula is C15H19N5O. The van der Waals surface area contributed by atoms with Crippen LogP contribution in [0.4, 0.5) is 5.82 Å². The van der Waals surface area contributed by atoms with E-state index in [1.807, 2.05) is 16.9 Å². The molecule has 1 fully saturated rings. The summed E-state index contributed by atoms with van der Waals surface area (Å²) in [6.45, 7) is 3.30. The molecular weight excluding hydrogens is 266 g/mol. The highest BCUT2D eigenvalue weighted by molar-refractivity contribution is 5.50. The normalized spacial score (nSPS) is 21.5. The van der Waals surface area contributed by atoms with Crippen LogP contribution in [0.1, 0.15) is 17.7 Å². The van der Waals surface area contributed by atoms with Crippen LogP contribution in [0.25, 0.3) is 0 Å². The summed E-state index contributed by atoms with van der Waals surface area (Å²) < 4.78 is 7.81. The van der Waals surface area contributed by atoms with Crippen molar-refractivity contribution >= 4 is 5.82 Å². The molecule has 2 aliphatic rings. The van der Waals surface area contributed by atoms with E-state index in [1.165, 1.54) is 17.7 Å². The molecule has 0 bridgehead atoms. The summed E-state index contributed by atoms with van der Waals surface area (Å²) in [5.41, 5.74) is 2.58. The van der Waals surface area contributed by atoms with Crippen molar-refractivity contribution in [3.05, 3.63) is 36.0 Å². The van der Waals surface area contributed by atoms with E-state index in [9.17, 15) is 0 Å². The Morgan fingerprint density at radius 3 is 3.19 bits per heavy atom. The summed E-state index contributed by atoms with van der Waals surface area (Å²) >= 11 is 0. The van der Waals surface area contributed by atoms with Crippen LogP contribution in [0.2, 0.25) is 0 Å². The second-order valence-corrected chi connectivity index (χ2v) is 5.64. The van der Waals surface area contributed by atoms with Crippen LogP contribution < -0.4 is 4.90 Å². The molecule has 6 heteroatoms. The van der Waals surface area contributed by atoms with Crippen LogP contribution in [-0.4, -0.2) is 45.5 Å². The summed E-state index contributed by atoms with van der Waals surface area (Å²) in [7, 11) is 0. The maximum atomic E-state index is 5.88. The Labute approximate surface area is 123 Å². The third-order valence-corrected chi connectivity index (χ3v) is 4.24. The first-order chi connectivity index (χ1) is 10.4. The van der Waals surface area contributed by atoms with Gasteiger partial charge in [-0.15, -0.1) is 0 Å². The molecule has 0 spiro atoms. The van der Waals surface area contributed by atoms with Crippen molar-refractivity contribution in [3.8, 4) is 0 Å². The minimum Gasteiger partial charge on any atom is -0.373 e. The van der Waals surface area contributed by atoms with E-state index < -0.39 is 0 Å². The van der Waals surface area contributed by atoms with Gasteiger partial charge in [-0.1, -0.05) is 0 Å². The van der Waals surface area contributed by atoms with E-state index in [0.29, 0.717) is 0 Å². The minimum absolute atomic E-state index is 0.158. The van der Waals surface area contributed by atoms with Gasteiger partial charge >= 0.3 is 0 Å².